The van der Waals surface area contributed by atoms with Crippen LogP contribution in [0.4, 0.5) is 4.39 Å². The number of carbonyl (C=O) groups is 2. The zero-order valence-corrected chi connectivity index (χ0v) is 14.5. The van der Waals surface area contributed by atoms with Crippen molar-refractivity contribution in [3.63, 3.8) is 0 Å². The minimum atomic E-state index is -0.957. The lowest BCUT2D eigenvalue weighted by atomic mass is 9.87. The molecule has 1 fully saturated rings. The van der Waals surface area contributed by atoms with E-state index in [4.69, 9.17) is 4.74 Å². The Morgan fingerprint density at radius 3 is 2.64 bits per heavy atom. The zero-order valence-electron chi connectivity index (χ0n) is 14.5. The van der Waals surface area contributed by atoms with Gasteiger partial charge in [-0.3, -0.25) is 9.59 Å². The van der Waals surface area contributed by atoms with Crippen LogP contribution in [0.3, 0.4) is 0 Å². The van der Waals surface area contributed by atoms with Gasteiger partial charge < -0.3 is 15.2 Å². The summed E-state index contributed by atoms with van der Waals surface area (Å²) in [7, 11) is 0. The van der Waals surface area contributed by atoms with Crippen LogP contribution in [0.25, 0.3) is 0 Å². The van der Waals surface area contributed by atoms with Crippen molar-refractivity contribution in [3.05, 3.63) is 29.8 Å². The average Bonchev–Trinajstić information content (AvgIpc) is 2.59. The van der Waals surface area contributed by atoms with Gasteiger partial charge in [-0.25, -0.2) is 4.39 Å². The van der Waals surface area contributed by atoms with Crippen LogP contribution in [-0.4, -0.2) is 36.3 Å². The molecule has 1 aliphatic carbocycles. The molecule has 1 amide bonds. The molecule has 0 spiro atoms. The number of nitrogens with one attached hydrogen (secondary N) is 1. The highest BCUT2D eigenvalue weighted by Crippen LogP contribution is 2.26. The standard InChI is InChI=1S/C19H26FNO4/c1-2-25-17-8-6-13(7-9-17)10-15(19(23)24)12-21-18(22)14-4-3-5-16(20)11-14/h6-9,14-16H,2-5,10-12H2,1H3,(H,21,22)(H,23,24). The predicted molar refractivity (Wildman–Crippen MR) is 92.3 cm³/mol. The van der Waals surface area contributed by atoms with Gasteiger partial charge in [-0.15, -0.1) is 0 Å². The molecule has 6 heteroatoms. The molecule has 3 unspecified atom stereocenters. The van der Waals surface area contributed by atoms with E-state index in [1.54, 1.807) is 12.1 Å². The van der Waals surface area contributed by atoms with Crippen LogP contribution in [0.15, 0.2) is 24.3 Å². The molecule has 0 radical (unpaired) electrons. The van der Waals surface area contributed by atoms with E-state index in [-0.39, 0.29) is 24.8 Å². The lowest BCUT2D eigenvalue weighted by Gasteiger charge is -2.24. The van der Waals surface area contributed by atoms with E-state index in [0.717, 1.165) is 11.3 Å². The van der Waals surface area contributed by atoms with Gasteiger partial charge in [0.1, 0.15) is 11.9 Å². The number of rotatable bonds is 8. The topological polar surface area (TPSA) is 75.6 Å². The maximum absolute atomic E-state index is 13.4. The first kappa shape index (κ1) is 19.2. The first-order valence-electron chi connectivity index (χ1n) is 8.86. The summed E-state index contributed by atoms with van der Waals surface area (Å²) in [6, 6.07) is 7.27. The predicted octanol–water partition coefficient (Wildman–Crippen LogP) is 2.97. The fourth-order valence-electron chi connectivity index (χ4n) is 3.16. The highest BCUT2D eigenvalue weighted by molar-refractivity contribution is 5.79. The molecule has 1 saturated carbocycles. The largest absolute Gasteiger partial charge is 0.494 e. The van der Waals surface area contributed by atoms with Gasteiger partial charge >= 0.3 is 5.97 Å². The molecule has 0 aliphatic heterocycles. The van der Waals surface area contributed by atoms with Crippen molar-refractivity contribution < 1.29 is 23.8 Å². The van der Waals surface area contributed by atoms with Crippen molar-refractivity contribution in [3.8, 4) is 5.75 Å². The molecular formula is C19H26FNO4. The molecule has 25 heavy (non-hydrogen) atoms. The van der Waals surface area contributed by atoms with Crippen molar-refractivity contribution in [2.24, 2.45) is 11.8 Å². The molecule has 138 valence electrons. The second-order valence-electron chi connectivity index (χ2n) is 6.52. The van der Waals surface area contributed by atoms with E-state index >= 15 is 0 Å². The molecule has 2 N–H and O–H groups in total. The molecule has 0 bridgehead atoms. The summed E-state index contributed by atoms with van der Waals surface area (Å²) in [5.74, 6) is -1.51. The number of carboxylic acids is 1. The molecular weight excluding hydrogens is 325 g/mol. The number of benzene rings is 1. The minimum Gasteiger partial charge on any atom is -0.494 e. The summed E-state index contributed by atoms with van der Waals surface area (Å²) >= 11 is 0. The van der Waals surface area contributed by atoms with Crippen LogP contribution < -0.4 is 10.1 Å². The SMILES string of the molecule is CCOc1ccc(CC(CNC(=O)C2CCCC(F)C2)C(=O)O)cc1. The third-order valence-electron chi connectivity index (χ3n) is 4.57. The number of carboxylic acid groups (broad SMARTS) is 1. The van der Waals surface area contributed by atoms with E-state index in [9.17, 15) is 19.1 Å². The monoisotopic (exact) mass is 351 g/mol. The molecule has 0 aromatic heterocycles. The van der Waals surface area contributed by atoms with Gasteiger partial charge in [0, 0.05) is 12.5 Å². The Morgan fingerprint density at radius 2 is 2.04 bits per heavy atom. The number of hydrogen-bond donors (Lipinski definition) is 2. The van der Waals surface area contributed by atoms with Gasteiger partial charge in [0.25, 0.3) is 0 Å². The normalized spacial score (nSPS) is 21.4. The summed E-state index contributed by atoms with van der Waals surface area (Å²) in [5.41, 5.74) is 0.867. The number of alkyl halides is 1. The molecule has 0 heterocycles. The van der Waals surface area contributed by atoms with E-state index < -0.39 is 18.1 Å². The second-order valence-corrected chi connectivity index (χ2v) is 6.52. The van der Waals surface area contributed by atoms with E-state index in [2.05, 4.69) is 5.32 Å². The fourth-order valence-corrected chi connectivity index (χ4v) is 3.16. The third-order valence-corrected chi connectivity index (χ3v) is 4.57. The zero-order chi connectivity index (χ0) is 18.2. The van der Waals surface area contributed by atoms with Crippen LogP contribution in [-0.2, 0) is 16.0 Å². The van der Waals surface area contributed by atoms with E-state index in [0.29, 0.717) is 32.3 Å². The molecule has 1 aromatic carbocycles. The molecule has 1 aromatic rings. The number of hydrogen-bond acceptors (Lipinski definition) is 3. The van der Waals surface area contributed by atoms with Gasteiger partial charge in [0.05, 0.1) is 12.5 Å². The second kappa shape index (κ2) is 9.39. The highest BCUT2D eigenvalue weighted by atomic mass is 19.1. The molecule has 1 aliphatic rings. The van der Waals surface area contributed by atoms with Crippen molar-refractivity contribution in [1.82, 2.24) is 5.32 Å². The Kier molecular flexibility index (Phi) is 7.22. The summed E-state index contributed by atoms with van der Waals surface area (Å²) in [4.78, 5) is 23.6. The number of amides is 1. The Balaban J connectivity index is 1.87. The van der Waals surface area contributed by atoms with Crippen molar-refractivity contribution >= 4 is 11.9 Å². The summed E-state index contributed by atoms with van der Waals surface area (Å²) in [5, 5.41) is 12.1. The highest BCUT2D eigenvalue weighted by Gasteiger charge is 2.28. The quantitative estimate of drug-likeness (QED) is 0.755. The Hall–Kier alpha value is -2.11. The number of carbonyl (C=O) groups excluding carboxylic acids is 1. The van der Waals surface area contributed by atoms with Crippen molar-refractivity contribution in [2.75, 3.05) is 13.2 Å². The van der Waals surface area contributed by atoms with Gasteiger partial charge in [-0.05, 0) is 56.7 Å². The smallest absolute Gasteiger partial charge is 0.308 e. The summed E-state index contributed by atoms with van der Waals surface area (Å²) < 4.78 is 18.8. The first-order valence-corrected chi connectivity index (χ1v) is 8.86. The minimum absolute atomic E-state index is 0.0504. The third kappa shape index (κ3) is 6.03. The lowest BCUT2D eigenvalue weighted by molar-refractivity contribution is -0.141. The van der Waals surface area contributed by atoms with Gasteiger partial charge in [-0.1, -0.05) is 12.1 Å². The van der Waals surface area contributed by atoms with Crippen LogP contribution in [0.2, 0.25) is 0 Å². The average molecular weight is 351 g/mol. The summed E-state index contributed by atoms with van der Waals surface area (Å²) in [6.45, 7) is 2.52. The van der Waals surface area contributed by atoms with Gasteiger partial charge in [-0.2, -0.15) is 0 Å². The van der Waals surface area contributed by atoms with Crippen molar-refractivity contribution in [1.29, 1.82) is 0 Å². The lowest BCUT2D eigenvalue weighted by Crippen LogP contribution is -2.39. The van der Waals surface area contributed by atoms with Gasteiger partial charge in [0.2, 0.25) is 5.91 Å². The maximum Gasteiger partial charge on any atom is 0.308 e. The van der Waals surface area contributed by atoms with E-state index in [1.807, 2.05) is 19.1 Å². The van der Waals surface area contributed by atoms with Crippen LogP contribution in [0.1, 0.15) is 38.2 Å². The van der Waals surface area contributed by atoms with Gasteiger partial charge in [0.15, 0.2) is 0 Å². The first-order chi connectivity index (χ1) is 12.0. The van der Waals surface area contributed by atoms with Crippen molar-refractivity contribution in [2.45, 2.75) is 45.2 Å². The maximum atomic E-state index is 13.4. The fraction of sp³-hybridized carbons (Fsp3) is 0.579. The summed E-state index contributed by atoms with van der Waals surface area (Å²) in [6.07, 6.45) is 1.51. The number of halogens is 1. The molecule has 3 atom stereocenters. The Morgan fingerprint density at radius 1 is 1.32 bits per heavy atom. The van der Waals surface area contributed by atoms with Crippen LogP contribution in [0, 0.1) is 11.8 Å². The van der Waals surface area contributed by atoms with Crippen LogP contribution in [0.5, 0.6) is 5.75 Å². The Bertz CT molecular complexity index is 575. The van der Waals surface area contributed by atoms with E-state index in [1.165, 1.54) is 0 Å². The molecule has 2 rings (SSSR count). The molecule has 0 saturated heterocycles. The number of aliphatic carboxylic acids is 1. The molecule has 5 nitrogen and oxygen atoms in total. The Labute approximate surface area is 147 Å². The number of ether oxygens (including phenoxy) is 1. The van der Waals surface area contributed by atoms with Crippen LogP contribution >= 0.6 is 0 Å².